The van der Waals surface area contributed by atoms with Gasteiger partial charge in [0.1, 0.15) is 0 Å². The summed E-state index contributed by atoms with van der Waals surface area (Å²) < 4.78 is 0. The van der Waals surface area contributed by atoms with Gasteiger partial charge >= 0.3 is 0 Å². The minimum atomic E-state index is -0.116. The van der Waals surface area contributed by atoms with Crippen LogP contribution in [0.3, 0.4) is 0 Å². The maximum absolute atomic E-state index is 12.6. The molecule has 0 aliphatic carbocycles. The third-order valence-electron chi connectivity index (χ3n) is 3.26. The highest BCUT2D eigenvalue weighted by Crippen LogP contribution is 2.17. The Hall–Kier alpha value is -2.56. The van der Waals surface area contributed by atoms with Crippen molar-refractivity contribution in [2.45, 2.75) is 13.3 Å². The molecule has 0 heterocycles. The Morgan fingerprint density at radius 2 is 1.95 bits per heavy atom. The minimum Gasteiger partial charge on any atom is -0.409 e. The second-order valence-electron chi connectivity index (χ2n) is 4.88. The van der Waals surface area contributed by atoms with E-state index in [4.69, 9.17) is 10.9 Å². The van der Waals surface area contributed by atoms with Crippen molar-refractivity contribution in [3.63, 3.8) is 0 Å². The van der Waals surface area contributed by atoms with Gasteiger partial charge in [0.05, 0.1) is 6.54 Å². The van der Waals surface area contributed by atoms with E-state index in [9.17, 15) is 4.79 Å². The van der Waals surface area contributed by atoms with E-state index in [1.54, 1.807) is 11.0 Å². The smallest absolute Gasteiger partial charge is 0.254 e. The molecule has 2 aromatic carbocycles. The molecule has 21 heavy (non-hydrogen) atoms. The highest BCUT2D eigenvalue weighted by atomic mass is 16.4. The van der Waals surface area contributed by atoms with Crippen molar-refractivity contribution in [3.8, 4) is 0 Å². The Morgan fingerprint density at radius 3 is 2.62 bits per heavy atom. The molecule has 0 saturated heterocycles. The molecule has 0 aliphatic heterocycles. The van der Waals surface area contributed by atoms with Gasteiger partial charge in [-0.1, -0.05) is 42.4 Å². The predicted octanol–water partition coefficient (Wildman–Crippen LogP) is 2.44. The third-order valence-corrected chi connectivity index (χ3v) is 3.26. The van der Waals surface area contributed by atoms with Crippen LogP contribution in [0.4, 0.5) is 0 Å². The monoisotopic (exact) mass is 285 g/mol. The number of nitrogens with zero attached hydrogens (tertiary/aromatic N) is 2. The van der Waals surface area contributed by atoms with Gasteiger partial charge in [-0.2, -0.15) is 0 Å². The fourth-order valence-corrected chi connectivity index (χ4v) is 2.25. The average molecular weight is 285 g/mol. The molecule has 0 spiro atoms. The molecule has 0 unspecified atom stereocenters. The zero-order valence-electron chi connectivity index (χ0n) is 12.0. The summed E-state index contributed by atoms with van der Waals surface area (Å²) in [6.07, 6.45) is 0.804. The molecule has 0 radical (unpaired) electrons. The van der Waals surface area contributed by atoms with Crippen LogP contribution in [-0.4, -0.2) is 34.9 Å². The predicted molar refractivity (Wildman–Crippen MR) is 83.6 cm³/mol. The first kappa shape index (κ1) is 14.8. The molecule has 0 fully saturated rings. The number of carbonyl (C=O) groups excluding carboxylic acids is 1. The van der Waals surface area contributed by atoms with Crippen molar-refractivity contribution < 1.29 is 10.0 Å². The van der Waals surface area contributed by atoms with Crippen molar-refractivity contribution in [1.29, 1.82) is 0 Å². The van der Waals surface area contributed by atoms with E-state index in [2.05, 4.69) is 5.16 Å². The molecule has 5 heteroatoms. The molecule has 0 atom stereocenters. The number of hydrogen-bond acceptors (Lipinski definition) is 3. The van der Waals surface area contributed by atoms with Crippen molar-refractivity contribution >= 4 is 22.5 Å². The standard InChI is InChI=1S/C16H19N3O2/c1-2-9-19(11-15(17)18-21)16(20)14-8-7-12-5-3-4-6-13(12)10-14/h3-8,10,21H,2,9,11H2,1H3,(H2,17,18). The number of oxime groups is 1. The van der Waals surface area contributed by atoms with Crippen LogP contribution in [0.1, 0.15) is 23.7 Å². The molecule has 0 saturated carbocycles. The lowest BCUT2D eigenvalue weighted by molar-refractivity contribution is 0.0778. The number of amidine groups is 1. The first-order chi connectivity index (χ1) is 10.2. The van der Waals surface area contributed by atoms with E-state index in [0.717, 1.165) is 17.2 Å². The third kappa shape index (κ3) is 3.51. The summed E-state index contributed by atoms with van der Waals surface area (Å²) in [7, 11) is 0. The van der Waals surface area contributed by atoms with Crippen molar-refractivity contribution in [3.05, 3.63) is 48.0 Å². The lowest BCUT2D eigenvalue weighted by Gasteiger charge is -2.21. The fourth-order valence-electron chi connectivity index (χ4n) is 2.25. The molecule has 0 bridgehead atoms. The summed E-state index contributed by atoms with van der Waals surface area (Å²) in [5, 5.41) is 13.7. The lowest BCUT2D eigenvalue weighted by atomic mass is 10.1. The fraction of sp³-hybridized carbons (Fsp3) is 0.250. The first-order valence-corrected chi connectivity index (χ1v) is 6.90. The van der Waals surface area contributed by atoms with Crippen molar-refractivity contribution in [2.75, 3.05) is 13.1 Å². The highest BCUT2D eigenvalue weighted by molar-refractivity contribution is 6.00. The van der Waals surface area contributed by atoms with Gasteiger partial charge in [0.15, 0.2) is 5.84 Å². The van der Waals surface area contributed by atoms with Crippen LogP contribution in [0.2, 0.25) is 0 Å². The average Bonchev–Trinajstić information content (AvgIpc) is 2.53. The Labute approximate surface area is 123 Å². The quantitative estimate of drug-likeness (QED) is 0.383. The molecule has 1 amide bonds. The molecular weight excluding hydrogens is 266 g/mol. The summed E-state index contributed by atoms with van der Waals surface area (Å²) in [5.74, 6) is -0.0909. The van der Waals surface area contributed by atoms with Gasteiger partial charge in [0, 0.05) is 12.1 Å². The molecule has 2 rings (SSSR count). The largest absolute Gasteiger partial charge is 0.409 e. The number of fused-ring (bicyclic) bond motifs is 1. The van der Waals surface area contributed by atoms with Crippen molar-refractivity contribution in [1.82, 2.24) is 4.90 Å². The van der Waals surface area contributed by atoms with Crippen LogP contribution in [0.15, 0.2) is 47.6 Å². The Kier molecular flexibility index (Phi) is 4.77. The topological polar surface area (TPSA) is 78.9 Å². The van der Waals surface area contributed by atoms with E-state index in [0.29, 0.717) is 12.1 Å². The molecule has 110 valence electrons. The number of nitrogens with two attached hydrogens (primary N) is 1. The van der Waals surface area contributed by atoms with Gasteiger partial charge < -0.3 is 15.8 Å². The number of hydrogen-bond donors (Lipinski definition) is 2. The number of carbonyl (C=O) groups is 1. The van der Waals surface area contributed by atoms with Gasteiger partial charge in [-0.3, -0.25) is 4.79 Å². The minimum absolute atomic E-state index is 0.0255. The summed E-state index contributed by atoms with van der Waals surface area (Å²) in [4.78, 5) is 14.1. The maximum Gasteiger partial charge on any atom is 0.254 e. The van der Waals surface area contributed by atoms with E-state index < -0.39 is 0 Å². The SMILES string of the molecule is CCCN(CC(N)=NO)C(=O)c1ccc2ccccc2c1. The summed E-state index contributed by atoms with van der Waals surface area (Å²) in [6.45, 7) is 2.66. The first-order valence-electron chi connectivity index (χ1n) is 6.90. The van der Waals surface area contributed by atoms with Gasteiger partial charge in [-0.05, 0) is 29.3 Å². The van der Waals surface area contributed by atoms with Crippen LogP contribution < -0.4 is 5.73 Å². The Bertz CT molecular complexity index is 667. The Balaban J connectivity index is 2.29. The van der Waals surface area contributed by atoms with Crippen LogP contribution in [0.25, 0.3) is 10.8 Å². The van der Waals surface area contributed by atoms with Crippen LogP contribution in [-0.2, 0) is 0 Å². The molecule has 0 aromatic heterocycles. The molecular formula is C16H19N3O2. The van der Waals surface area contributed by atoms with Gasteiger partial charge in [-0.15, -0.1) is 0 Å². The Morgan fingerprint density at radius 1 is 1.24 bits per heavy atom. The van der Waals surface area contributed by atoms with E-state index in [1.165, 1.54) is 0 Å². The maximum atomic E-state index is 12.6. The van der Waals surface area contributed by atoms with Gasteiger partial charge in [0.2, 0.25) is 0 Å². The van der Waals surface area contributed by atoms with Crippen LogP contribution in [0.5, 0.6) is 0 Å². The second-order valence-corrected chi connectivity index (χ2v) is 4.88. The zero-order chi connectivity index (χ0) is 15.2. The van der Waals surface area contributed by atoms with Gasteiger partial charge in [0.25, 0.3) is 5.91 Å². The van der Waals surface area contributed by atoms with E-state index in [-0.39, 0.29) is 18.3 Å². The molecule has 3 N–H and O–H groups in total. The molecule has 5 nitrogen and oxygen atoms in total. The van der Waals surface area contributed by atoms with E-state index in [1.807, 2.05) is 43.3 Å². The summed E-state index contributed by atoms with van der Waals surface area (Å²) in [6, 6.07) is 13.5. The van der Waals surface area contributed by atoms with Crippen LogP contribution >= 0.6 is 0 Å². The summed E-state index contributed by atoms with van der Waals surface area (Å²) >= 11 is 0. The lowest BCUT2D eigenvalue weighted by Crippen LogP contribution is -2.39. The second kappa shape index (κ2) is 6.74. The normalized spacial score (nSPS) is 11.6. The van der Waals surface area contributed by atoms with Gasteiger partial charge in [-0.25, -0.2) is 0 Å². The number of benzene rings is 2. The zero-order valence-corrected chi connectivity index (χ0v) is 12.0. The van der Waals surface area contributed by atoms with Crippen LogP contribution in [0, 0.1) is 0 Å². The number of rotatable bonds is 5. The summed E-state index contributed by atoms with van der Waals surface area (Å²) in [5.41, 5.74) is 6.12. The molecule has 0 aliphatic rings. The highest BCUT2D eigenvalue weighted by Gasteiger charge is 2.16. The molecule has 2 aromatic rings. The van der Waals surface area contributed by atoms with Crippen molar-refractivity contribution in [2.24, 2.45) is 10.9 Å². The van der Waals surface area contributed by atoms with E-state index >= 15 is 0 Å². The number of amides is 1.